The van der Waals surface area contributed by atoms with Crippen LogP contribution in [0.5, 0.6) is 5.75 Å². The van der Waals surface area contributed by atoms with Gasteiger partial charge >= 0.3 is 0 Å². The second-order valence-electron chi connectivity index (χ2n) is 10.3. The molecule has 38 heavy (non-hydrogen) atoms. The Morgan fingerprint density at radius 2 is 1.84 bits per heavy atom. The van der Waals surface area contributed by atoms with Gasteiger partial charge < -0.3 is 9.64 Å². The van der Waals surface area contributed by atoms with Gasteiger partial charge in [0.15, 0.2) is 0 Å². The maximum absolute atomic E-state index is 13.5. The van der Waals surface area contributed by atoms with Crippen LogP contribution in [0.15, 0.2) is 72.8 Å². The maximum atomic E-state index is 13.5. The molecule has 0 N–H and O–H groups in total. The van der Waals surface area contributed by atoms with Crippen LogP contribution >= 0.6 is 0 Å². The monoisotopic (exact) mass is 519 g/mol. The van der Waals surface area contributed by atoms with Gasteiger partial charge in [0.05, 0.1) is 12.0 Å². The number of hydrogen-bond acceptors (Lipinski definition) is 5. The minimum atomic E-state index is -0.378. The van der Waals surface area contributed by atoms with Crippen molar-refractivity contribution in [2.45, 2.75) is 26.3 Å². The van der Waals surface area contributed by atoms with E-state index < -0.39 is 0 Å². The summed E-state index contributed by atoms with van der Waals surface area (Å²) < 4.78 is 19.0. The van der Waals surface area contributed by atoms with Crippen molar-refractivity contribution in [2.75, 3.05) is 33.3 Å². The Kier molecular flexibility index (Phi) is 8.73. The van der Waals surface area contributed by atoms with E-state index >= 15 is 0 Å². The third kappa shape index (κ3) is 6.55. The lowest BCUT2D eigenvalue weighted by Crippen LogP contribution is -2.39. The average molecular weight is 520 g/mol. The third-order valence-electron chi connectivity index (χ3n) is 7.04. The number of likely N-dealkylation sites (tertiary alicyclic amines) is 1. The molecule has 0 unspecified atom stereocenters. The first-order valence-electron chi connectivity index (χ1n) is 12.9. The van der Waals surface area contributed by atoms with E-state index in [1.165, 1.54) is 30.3 Å². The topological polar surface area (TPSA) is 75.9 Å². The van der Waals surface area contributed by atoms with Crippen molar-refractivity contribution in [2.24, 2.45) is 11.8 Å². The number of halogens is 1. The molecular weight excluding hydrogens is 485 g/mol. The lowest BCUT2D eigenvalue weighted by atomic mass is 9.88. The molecule has 3 aromatic rings. The molecule has 3 aromatic carbocycles. The van der Waals surface area contributed by atoms with Crippen LogP contribution in [0.1, 0.15) is 41.3 Å². The first kappa shape index (κ1) is 27.3. The summed E-state index contributed by atoms with van der Waals surface area (Å²) >= 11 is 0. The number of nitrogens with zero attached hydrogens (tertiary/aromatic N) is 3. The van der Waals surface area contributed by atoms with Crippen molar-refractivity contribution in [1.29, 1.82) is 0 Å². The molecule has 1 saturated heterocycles. The van der Waals surface area contributed by atoms with Crippen LogP contribution < -0.4 is 4.74 Å². The van der Waals surface area contributed by atoms with Gasteiger partial charge in [0, 0.05) is 55.8 Å². The number of nitro benzene ring substituents is 1. The fourth-order valence-electron chi connectivity index (χ4n) is 5.33. The largest absolute Gasteiger partial charge is 0.497 e. The number of carbonyl (C=O) groups excluding carboxylic acids is 1. The van der Waals surface area contributed by atoms with Gasteiger partial charge in [-0.15, -0.1) is 0 Å². The van der Waals surface area contributed by atoms with Gasteiger partial charge in [-0.1, -0.05) is 44.2 Å². The number of nitro groups is 1. The first-order valence-corrected chi connectivity index (χ1v) is 12.9. The number of ether oxygens (including phenoxy) is 1. The van der Waals surface area contributed by atoms with Crippen molar-refractivity contribution in [1.82, 2.24) is 9.80 Å². The van der Waals surface area contributed by atoms with Gasteiger partial charge in [0.2, 0.25) is 0 Å². The van der Waals surface area contributed by atoms with Gasteiger partial charge in [-0.05, 0) is 53.8 Å². The summed E-state index contributed by atoms with van der Waals surface area (Å²) in [5.41, 5.74) is 2.35. The number of methoxy groups -OCH3 is 1. The normalized spacial score (nSPS) is 17.5. The second kappa shape index (κ2) is 12.2. The van der Waals surface area contributed by atoms with E-state index in [0.29, 0.717) is 43.9 Å². The minimum Gasteiger partial charge on any atom is -0.497 e. The Balaban J connectivity index is 1.63. The summed E-state index contributed by atoms with van der Waals surface area (Å²) in [4.78, 5) is 28.9. The standard InChI is InChI=1S/C30H34FN3O4/c1-21(2)16-33(30(35)22-11-13-26(31)14-12-22)19-25-18-32(17-24-7-4-5-10-29(24)34(36)37)20-28(25)23-8-6-9-27(15-23)38-3/h4-15,21,25,28H,16-20H2,1-3H3/t25-,28+/m1/s1. The lowest BCUT2D eigenvalue weighted by Gasteiger charge is -2.30. The summed E-state index contributed by atoms with van der Waals surface area (Å²) in [5.74, 6) is 0.701. The van der Waals surface area contributed by atoms with Crippen molar-refractivity contribution >= 4 is 11.6 Å². The fraction of sp³-hybridized carbons (Fsp3) is 0.367. The molecule has 1 amide bonds. The van der Waals surface area contributed by atoms with Gasteiger partial charge in [0.1, 0.15) is 11.6 Å². The van der Waals surface area contributed by atoms with E-state index in [1.807, 2.05) is 29.2 Å². The molecule has 2 atom stereocenters. The zero-order chi connectivity index (χ0) is 27.2. The van der Waals surface area contributed by atoms with Crippen LogP contribution in [-0.2, 0) is 6.54 Å². The van der Waals surface area contributed by atoms with Crippen LogP contribution in [0, 0.1) is 27.8 Å². The summed E-state index contributed by atoms with van der Waals surface area (Å²) in [7, 11) is 1.64. The summed E-state index contributed by atoms with van der Waals surface area (Å²) in [6, 6.07) is 20.5. The van der Waals surface area contributed by atoms with Gasteiger partial charge in [0.25, 0.3) is 11.6 Å². The van der Waals surface area contributed by atoms with Crippen LogP contribution in [0.25, 0.3) is 0 Å². The zero-order valence-corrected chi connectivity index (χ0v) is 22.0. The highest BCUT2D eigenvalue weighted by molar-refractivity contribution is 5.94. The quantitative estimate of drug-likeness (QED) is 0.252. The number of hydrogen-bond donors (Lipinski definition) is 0. The number of rotatable bonds is 10. The molecule has 0 bridgehead atoms. The molecule has 0 aliphatic carbocycles. The molecule has 1 aliphatic heterocycles. The molecule has 0 radical (unpaired) electrons. The Hall–Kier alpha value is -3.78. The molecule has 8 heteroatoms. The molecule has 200 valence electrons. The third-order valence-corrected chi connectivity index (χ3v) is 7.04. The van der Waals surface area contributed by atoms with Gasteiger partial charge in [-0.2, -0.15) is 0 Å². The van der Waals surface area contributed by atoms with E-state index in [1.54, 1.807) is 19.2 Å². The van der Waals surface area contributed by atoms with Crippen molar-refractivity contribution < 1.29 is 18.8 Å². The highest BCUT2D eigenvalue weighted by atomic mass is 19.1. The highest BCUT2D eigenvalue weighted by Crippen LogP contribution is 2.36. The molecule has 7 nitrogen and oxygen atoms in total. The van der Waals surface area contributed by atoms with E-state index in [-0.39, 0.29) is 40.1 Å². The second-order valence-corrected chi connectivity index (χ2v) is 10.3. The summed E-state index contributed by atoms with van der Waals surface area (Å²) in [6.07, 6.45) is 0. The van der Waals surface area contributed by atoms with Crippen molar-refractivity contribution in [3.63, 3.8) is 0 Å². The minimum absolute atomic E-state index is 0.0908. The van der Waals surface area contributed by atoms with Crippen LogP contribution in [0.2, 0.25) is 0 Å². The Morgan fingerprint density at radius 3 is 2.53 bits per heavy atom. The SMILES string of the molecule is COc1cccc([C@@H]2CN(Cc3ccccc3[N+](=O)[O-])C[C@@H]2CN(CC(C)C)C(=O)c2ccc(F)cc2)c1. The van der Waals surface area contributed by atoms with E-state index in [2.05, 4.69) is 24.8 Å². The van der Waals surface area contributed by atoms with Crippen LogP contribution in [-0.4, -0.2) is 53.9 Å². The van der Waals surface area contributed by atoms with Gasteiger partial charge in [-0.3, -0.25) is 19.8 Å². The zero-order valence-electron chi connectivity index (χ0n) is 22.0. The number of para-hydroxylation sites is 1. The molecule has 1 fully saturated rings. The van der Waals surface area contributed by atoms with E-state index in [4.69, 9.17) is 4.74 Å². The number of carbonyl (C=O) groups is 1. The predicted molar refractivity (Wildman–Crippen MR) is 145 cm³/mol. The molecule has 0 saturated carbocycles. The Morgan fingerprint density at radius 1 is 1.11 bits per heavy atom. The van der Waals surface area contributed by atoms with E-state index in [9.17, 15) is 19.3 Å². The maximum Gasteiger partial charge on any atom is 0.273 e. The van der Waals surface area contributed by atoms with Crippen molar-refractivity contribution in [3.05, 3.63) is 105 Å². The number of amides is 1. The Labute approximate surface area is 223 Å². The molecule has 1 aliphatic rings. The molecular formula is C30H34FN3O4. The smallest absolute Gasteiger partial charge is 0.273 e. The Bertz CT molecular complexity index is 1260. The van der Waals surface area contributed by atoms with E-state index in [0.717, 1.165) is 11.3 Å². The molecule has 4 rings (SSSR count). The summed E-state index contributed by atoms with van der Waals surface area (Å²) in [6.45, 7) is 7.05. The van der Waals surface area contributed by atoms with Crippen LogP contribution in [0.4, 0.5) is 10.1 Å². The molecule has 0 spiro atoms. The average Bonchev–Trinajstić information content (AvgIpc) is 3.30. The fourth-order valence-corrected chi connectivity index (χ4v) is 5.33. The van der Waals surface area contributed by atoms with Crippen LogP contribution in [0.3, 0.4) is 0 Å². The van der Waals surface area contributed by atoms with Crippen molar-refractivity contribution in [3.8, 4) is 5.75 Å². The first-order chi connectivity index (χ1) is 18.2. The lowest BCUT2D eigenvalue weighted by molar-refractivity contribution is -0.385. The summed E-state index contributed by atoms with van der Waals surface area (Å²) in [5, 5.41) is 11.6. The van der Waals surface area contributed by atoms with Gasteiger partial charge in [-0.25, -0.2) is 4.39 Å². The highest BCUT2D eigenvalue weighted by Gasteiger charge is 2.37. The predicted octanol–water partition coefficient (Wildman–Crippen LogP) is 5.76. The molecule has 0 aromatic heterocycles. The molecule has 1 heterocycles. The number of benzene rings is 3.